The molecule has 0 atom stereocenters. The second-order valence-corrected chi connectivity index (χ2v) is 4.64. The molecule has 0 rings (SSSR count). The average molecular weight is 231 g/mol. The zero-order valence-corrected chi connectivity index (χ0v) is 8.32. The third kappa shape index (κ3) is 4.78. The van der Waals surface area contributed by atoms with E-state index in [1.807, 2.05) is 0 Å². The highest BCUT2D eigenvalue weighted by molar-refractivity contribution is 7.46. The van der Waals surface area contributed by atoms with Crippen LogP contribution in [0.4, 0.5) is 0 Å². The van der Waals surface area contributed by atoms with Crippen LogP contribution in [0.25, 0.3) is 0 Å². The molecule has 0 saturated carbocycles. The van der Waals surface area contributed by atoms with Gasteiger partial charge in [0.15, 0.2) is 16.8 Å². The molecule has 0 radical (unpaired) electrons. The molecule has 0 spiro atoms. The van der Waals surface area contributed by atoms with Crippen LogP contribution >= 0.6 is 16.8 Å². The van der Waals surface area contributed by atoms with Gasteiger partial charge in [-0.1, -0.05) is 0 Å². The van der Waals surface area contributed by atoms with Crippen LogP contribution < -0.4 is 5.73 Å². The number of hydrogen-bond donors (Lipinski definition) is 6. The first-order chi connectivity index (χ1) is 5.78. The molecule has 13 heavy (non-hydrogen) atoms. The summed E-state index contributed by atoms with van der Waals surface area (Å²) in [6.45, 7) is 0. The van der Waals surface area contributed by atoms with Crippen LogP contribution in [0, 0.1) is 0 Å². The van der Waals surface area contributed by atoms with Gasteiger partial charge in [-0.3, -0.25) is 4.79 Å². The number of aliphatic carboxylic acids is 1. The molecular weight excluding hydrogens is 220 g/mol. The molecule has 0 aliphatic carbocycles. The maximum Gasteiger partial charge on any atom is 0.324 e. The van der Waals surface area contributed by atoms with E-state index >= 15 is 0 Å². The van der Waals surface area contributed by atoms with Crippen molar-refractivity contribution in [2.24, 2.45) is 5.73 Å². The van der Waals surface area contributed by atoms with Crippen molar-refractivity contribution in [2.45, 2.75) is 5.54 Å². The Bertz CT molecular complexity index is 175. The van der Waals surface area contributed by atoms with E-state index in [1.54, 1.807) is 0 Å². The van der Waals surface area contributed by atoms with Gasteiger partial charge in [-0.2, -0.15) is 0 Å². The van der Waals surface area contributed by atoms with E-state index in [-0.39, 0.29) is 0 Å². The van der Waals surface area contributed by atoms with Crippen molar-refractivity contribution < 1.29 is 29.5 Å². The lowest BCUT2D eigenvalue weighted by molar-refractivity contribution is -0.141. The Labute approximate surface area is 76.7 Å². The van der Waals surface area contributed by atoms with Gasteiger partial charge >= 0.3 is 5.97 Å². The zero-order chi connectivity index (χ0) is 10.6. The van der Waals surface area contributed by atoms with Gasteiger partial charge in [-0.15, -0.1) is 0 Å². The summed E-state index contributed by atoms with van der Waals surface area (Å²) in [5.74, 6) is -1.49. The molecule has 0 heterocycles. The highest BCUT2D eigenvalue weighted by Gasteiger charge is 2.38. The van der Waals surface area contributed by atoms with Gasteiger partial charge in [-0.25, -0.2) is 0 Å². The molecule has 0 amide bonds. The van der Waals surface area contributed by atoms with Crippen molar-refractivity contribution in [1.29, 1.82) is 0 Å². The number of hydrogen-bond acceptors (Lipinski definition) is 6. The second kappa shape index (κ2) is 5.12. The molecule has 0 aromatic heterocycles. The summed E-state index contributed by atoms with van der Waals surface area (Å²) in [6.07, 6.45) is -1.17. The monoisotopic (exact) mass is 231 g/mol. The normalized spacial score (nSPS) is 12.5. The molecular formula is C4H11NO6P2. The molecule has 0 aliphatic rings. The molecule has 0 bridgehead atoms. The van der Waals surface area contributed by atoms with Crippen LogP contribution in [0.5, 0.6) is 0 Å². The molecule has 7 N–H and O–H groups in total. The highest BCUT2D eigenvalue weighted by Crippen LogP contribution is 2.34. The summed E-state index contributed by atoms with van der Waals surface area (Å²) in [5.41, 5.74) is 3.25. The van der Waals surface area contributed by atoms with E-state index in [9.17, 15) is 4.79 Å². The Morgan fingerprint density at radius 2 is 1.46 bits per heavy atom. The fourth-order valence-electron chi connectivity index (χ4n) is 0.690. The van der Waals surface area contributed by atoms with Gasteiger partial charge in [0.05, 0.1) is 0 Å². The highest BCUT2D eigenvalue weighted by atomic mass is 31.2. The number of carboxylic acid groups (broad SMARTS) is 1. The smallest absolute Gasteiger partial charge is 0.324 e. The Morgan fingerprint density at radius 1 is 1.15 bits per heavy atom. The Morgan fingerprint density at radius 3 is 1.62 bits per heavy atom. The van der Waals surface area contributed by atoms with Crippen molar-refractivity contribution >= 4 is 22.7 Å². The molecule has 7 nitrogen and oxygen atoms in total. The molecule has 0 unspecified atom stereocenters. The lowest BCUT2D eigenvalue weighted by Crippen LogP contribution is -2.53. The van der Waals surface area contributed by atoms with Crippen molar-refractivity contribution in [3.05, 3.63) is 0 Å². The quantitative estimate of drug-likeness (QED) is 0.311. The van der Waals surface area contributed by atoms with Gasteiger partial charge in [0.2, 0.25) is 0 Å². The van der Waals surface area contributed by atoms with Crippen molar-refractivity contribution in [3.63, 3.8) is 0 Å². The van der Waals surface area contributed by atoms with Gasteiger partial charge in [0.1, 0.15) is 5.54 Å². The fraction of sp³-hybridized carbons (Fsp3) is 0.750. The van der Waals surface area contributed by atoms with E-state index < -0.39 is 40.6 Å². The Balaban J connectivity index is 4.43. The van der Waals surface area contributed by atoms with Gasteiger partial charge < -0.3 is 30.4 Å². The minimum Gasteiger partial charge on any atom is -0.480 e. The van der Waals surface area contributed by atoms with Gasteiger partial charge in [-0.05, 0) is 0 Å². The fourth-order valence-corrected chi connectivity index (χ4v) is 2.37. The molecule has 0 aromatic carbocycles. The van der Waals surface area contributed by atoms with Crippen molar-refractivity contribution in [1.82, 2.24) is 0 Å². The van der Waals surface area contributed by atoms with E-state index in [4.69, 9.17) is 30.4 Å². The minimum absolute atomic E-state index is 0.586. The van der Waals surface area contributed by atoms with Crippen molar-refractivity contribution in [3.8, 4) is 0 Å². The lowest BCUT2D eigenvalue weighted by atomic mass is 10.1. The number of nitrogens with two attached hydrogens (primary N) is 1. The van der Waals surface area contributed by atoms with Gasteiger partial charge in [0, 0.05) is 12.3 Å². The van der Waals surface area contributed by atoms with Gasteiger partial charge in [0.25, 0.3) is 0 Å². The maximum absolute atomic E-state index is 10.5. The summed E-state index contributed by atoms with van der Waals surface area (Å²) < 4.78 is 0. The van der Waals surface area contributed by atoms with Crippen LogP contribution in [0.1, 0.15) is 0 Å². The Kier molecular flexibility index (Phi) is 5.17. The molecule has 0 fully saturated rings. The Hall–Kier alpha value is 0.130. The largest absolute Gasteiger partial charge is 0.480 e. The average Bonchev–Trinajstić information content (AvgIpc) is 1.82. The first-order valence-electron chi connectivity index (χ1n) is 3.11. The summed E-state index contributed by atoms with van der Waals surface area (Å²) in [7, 11) is -4.94. The van der Waals surface area contributed by atoms with E-state index in [0.717, 1.165) is 0 Å². The van der Waals surface area contributed by atoms with Crippen LogP contribution in [0.2, 0.25) is 0 Å². The van der Waals surface area contributed by atoms with Crippen LogP contribution in [-0.4, -0.2) is 48.5 Å². The van der Waals surface area contributed by atoms with E-state index in [1.165, 1.54) is 0 Å². The molecule has 0 aromatic rings. The van der Waals surface area contributed by atoms with Crippen LogP contribution in [0.3, 0.4) is 0 Å². The predicted molar refractivity (Wildman–Crippen MR) is 47.0 cm³/mol. The summed E-state index contributed by atoms with van der Waals surface area (Å²) >= 11 is 0. The van der Waals surface area contributed by atoms with Crippen LogP contribution in [-0.2, 0) is 4.79 Å². The predicted octanol–water partition coefficient (Wildman–Crippen LogP) is -1.64. The zero-order valence-electron chi connectivity index (χ0n) is 6.53. The molecule has 0 aliphatic heterocycles. The standard InChI is InChI=1S/C4H11NO6P2/c5-4(3(6)7,1-12(8)9)2-13(10)11/h8-11H,1-2,5H2,(H,6,7). The van der Waals surface area contributed by atoms with E-state index in [0.29, 0.717) is 0 Å². The first kappa shape index (κ1) is 13.1. The SMILES string of the molecule is NC(CP(O)O)(CP(O)O)C(=O)O. The minimum atomic E-state index is -2.47. The lowest BCUT2D eigenvalue weighted by Gasteiger charge is -2.24. The maximum atomic E-state index is 10.5. The van der Waals surface area contributed by atoms with Crippen molar-refractivity contribution in [2.75, 3.05) is 12.3 Å². The second-order valence-electron chi connectivity index (χ2n) is 2.52. The first-order valence-corrected chi connectivity index (χ1v) is 5.97. The third-order valence-electron chi connectivity index (χ3n) is 1.27. The third-order valence-corrected chi connectivity index (χ3v) is 2.97. The molecule has 78 valence electrons. The topological polar surface area (TPSA) is 144 Å². The summed E-state index contributed by atoms with van der Waals surface area (Å²) in [4.78, 5) is 44.8. The number of carbonyl (C=O) groups is 1. The number of rotatable bonds is 5. The molecule has 0 saturated heterocycles. The summed E-state index contributed by atoms with van der Waals surface area (Å²) in [6, 6.07) is 0. The molecule has 9 heteroatoms. The summed E-state index contributed by atoms with van der Waals surface area (Å²) in [5, 5.41) is 8.58. The number of carboxylic acids is 1. The van der Waals surface area contributed by atoms with E-state index in [2.05, 4.69) is 0 Å². The van der Waals surface area contributed by atoms with Crippen LogP contribution in [0.15, 0.2) is 0 Å².